The van der Waals surface area contributed by atoms with Crippen LogP contribution in [0.5, 0.6) is 0 Å². The second kappa shape index (κ2) is 4.25. The molecule has 0 N–H and O–H groups in total. The van der Waals surface area contributed by atoms with Gasteiger partial charge in [-0.2, -0.15) is 13.2 Å². The number of halogens is 4. The van der Waals surface area contributed by atoms with E-state index in [0.717, 1.165) is 6.07 Å². The largest absolute Gasteiger partial charge is 0.433 e. The number of carbonyl (C=O) groups excluding carboxylic acids is 1. The van der Waals surface area contributed by atoms with E-state index in [4.69, 9.17) is 11.6 Å². The maximum Gasteiger partial charge on any atom is 0.433 e. The highest BCUT2D eigenvalue weighted by molar-refractivity contribution is 6.28. The molecule has 1 unspecified atom stereocenters. The van der Waals surface area contributed by atoms with Gasteiger partial charge < -0.3 is 0 Å². The van der Waals surface area contributed by atoms with Gasteiger partial charge in [-0.3, -0.25) is 4.79 Å². The molecule has 1 aliphatic carbocycles. The van der Waals surface area contributed by atoms with Gasteiger partial charge in [0.2, 0.25) is 5.28 Å². The third-order valence-electron chi connectivity index (χ3n) is 2.67. The third-order valence-corrected chi connectivity index (χ3v) is 2.84. The lowest BCUT2D eigenvalue weighted by atomic mass is 10.0. The first-order chi connectivity index (χ1) is 7.86. The van der Waals surface area contributed by atoms with E-state index in [0.29, 0.717) is 12.8 Å². The smallest absolute Gasteiger partial charge is 0.300 e. The average molecular weight is 265 g/mol. The molecule has 0 aliphatic heterocycles. The Morgan fingerprint density at radius 3 is 2.59 bits per heavy atom. The number of rotatable bonds is 1. The molecule has 0 bridgehead atoms. The summed E-state index contributed by atoms with van der Waals surface area (Å²) in [5, 5.41) is -0.436. The van der Waals surface area contributed by atoms with E-state index in [1.54, 1.807) is 0 Å². The summed E-state index contributed by atoms with van der Waals surface area (Å²) in [4.78, 5) is 18.0. The molecule has 2 rings (SSSR count). The van der Waals surface area contributed by atoms with E-state index in [1.807, 2.05) is 0 Å². The van der Waals surface area contributed by atoms with Gasteiger partial charge in [-0.15, -0.1) is 0 Å². The molecule has 3 nitrogen and oxygen atoms in total. The third kappa shape index (κ3) is 2.74. The van der Waals surface area contributed by atoms with Gasteiger partial charge in [-0.05, 0) is 24.1 Å². The predicted octanol–water partition coefficient (Wildman–Crippen LogP) is 2.99. The first kappa shape index (κ1) is 12.3. The Morgan fingerprint density at radius 2 is 2.06 bits per heavy atom. The number of Topliss-reactive ketones (excluding diaryl/α,β-unsaturated/α-hetero) is 1. The van der Waals surface area contributed by atoms with Crippen LogP contribution in [0.4, 0.5) is 13.2 Å². The summed E-state index contributed by atoms with van der Waals surface area (Å²) in [7, 11) is 0. The molecular weight excluding hydrogens is 257 g/mol. The van der Waals surface area contributed by atoms with Crippen LogP contribution in [-0.2, 0) is 11.0 Å². The number of nitrogens with zero attached hydrogens (tertiary/aromatic N) is 2. The molecule has 0 saturated heterocycles. The van der Waals surface area contributed by atoms with E-state index in [-0.39, 0.29) is 23.8 Å². The zero-order valence-electron chi connectivity index (χ0n) is 8.59. The summed E-state index contributed by atoms with van der Waals surface area (Å²) in [6.07, 6.45) is -3.42. The second-order valence-corrected chi connectivity index (χ2v) is 4.26. The summed E-state index contributed by atoms with van der Waals surface area (Å²) in [5.41, 5.74) is -0.866. The Bertz CT molecular complexity index is 461. The Morgan fingerprint density at radius 1 is 1.35 bits per heavy atom. The summed E-state index contributed by atoms with van der Waals surface area (Å²) in [6.45, 7) is 0. The highest BCUT2D eigenvalue weighted by Gasteiger charge is 2.35. The number of hydrogen-bond donors (Lipinski definition) is 0. The molecule has 0 radical (unpaired) electrons. The predicted molar refractivity (Wildman–Crippen MR) is 53.6 cm³/mol. The highest BCUT2D eigenvalue weighted by atomic mass is 35.5. The number of carbonyl (C=O) groups is 1. The van der Waals surface area contributed by atoms with Gasteiger partial charge in [0, 0.05) is 24.5 Å². The molecule has 1 aliphatic rings. The van der Waals surface area contributed by atoms with Crippen molar-refractivity contribution in [1.29, 1.82) is 0 Å². The summed E-state index contributed by atoms with van der Waals surface area (Å²) in [5.74, 6) is -0.234. The fourth-order valence-corrected chi connectivity index (χ4v) is 2.05. The van der Waals surface area contributed by atoms with E-state index < -0.39 is 17.2 Å². The van der Waals surface area contributed by atoms with E-state index >= 15 is 0 Å². The fourth-order valence-electron chi connectivity index (χ4n) is 1.86. The minimum absolute atomic E-state index is 0.0401. The van der Waals surface area contributed by atoms with Crippen LogP contribution >= 0.6 is 11.6 Å². The van der Waals surface area contributed by atoms with Gasteiger partial charge in [-0.1, -0.05) is 0 Å². The molecule has 92 valence electrons. The maximum atomic E-state index is 12.5. The lowest BCUT2D eigenvalue weighted by molar-refractivity contribution is -0.141. The number of ketones is 1. The van der Waals surface area contributed by atoms with Crippen molar-refractivity contribution in [2.75, 3.05) is 0 Å². The van der Waals surface area contributed by atoms with Crippen LogP contribution in [0.25, 0.3) is 0 Å². The molecule has 1 fully saturated rings. The number of alkyl halides is 3. The van der Waals surface area contributed by atoms with Gasteiger partial charge >= 0.3 is 6.18 Å². The quantitative estimate of drug-likeness (QED) is 0.733. The van der Waals surface area contributed by atoms with Crippen molar-refractivity contribution in [2.24, 2.45) is 0 Å². The molecule has 0 amide bonds. The fraction of sp³-hybridized carbons (Fsp3) is 0.500. The monoisotopic (exact) mass is 264 g/mol. The van der Waals surface area contributed by atoms with Crippen molar-refractivity contribution < 1.29 is 18.0 Å². The number of hydrogen-bond acceptors (Lipinski definition) is 3. The van der Waals surface area contributed by atoms with Crippen LogP contribution in [0.15, 0.2) is 6.07 Å². The first-order valence-electron chi connectivity index (χ1n) is 4.99. The molecular formula is C10H8ClF3N2O. The van der Waals surface area contributed by atoms with Crippen LogP contribution in [-0.4, -0.2) is 15.8 Å². The number of aromatic nitrogens is 2. The van der Waals surface area contributed by atoms with Crippen LogP contribution in [0.1, 0.15) is 36.6 Å². The molecule has 1 aromatic rings. The van der Waals surface area contributed by atoms with Crippen molar-refractivity contribution in [2.45, 2.75) is 31.4 Å². The molecule has 1 heterocycles. The second-order valence-electron chi connectivity index (χ2n) is 3.92. The standard InChI is InChI=1S/C10H8ClF3N2O/c11-9-15-7(5-1-2-6(17)3-5)4-8(16-9)10(12,13)14/h4-5H,1-3H2. The van der Waals surface area contributed by atoms with E-state index in [1.165, 1.54) is 0 Å². The Labute approximate surface area is 100 Å². The van der Waals surface area contributed by atoms with Gasteiger partial charge in [0.1, 0.15) is 11.5 Å². The van der Waals surface area contributed by atoms with Crippen molar-refractivity contribution >= 4 is 17.4 Å². The highest BCUT2D eigenvalue weighted by Crippen LogP contribution is 2.34. The average Bonchev–Trinajstić information content (AvgIpc) is 2.62. The van der Waals surface area contributed by atoms with Crippen LogP contribution in [0, 0.1) is 0 Å². The summed E-state index contributed by atoms with van der Waals surface area (Å²) < 4.78 is 37.5. The van der Waals surface area contributed by atoms with Crippen molar-refractivity contribution in [3.05, 3.63) is 22.7 Å². The van der Waals surface area contributed by atoms with E-state index in [9.17, 15) is 18.0 Å². The normalized spacial score (nSPS) is 20.9. The molecule has 0 aromatic carbocycles. The first-order valence-corrected chi connectivity index (χ1v) is 5.37. The van der Waals surface area contributed by atoms with Crippen LogP contribution in [0.3, 0.4) is 0 Å². The van der Waals surface area contributed by atoms with Gasteiger partial charge in [-0.25, -0.2) is 9.97 Å². The van der Waals surface area contributed by atoms with Crippen LogP contribution in [0.2, 0.25) is 5.28 Å². The maximum absolute atomic E-state index is 12.5. The Kier molecular flexibility index (Phi) is 3.07. The minimum Gasteiger partial charge on any atom is -0.300 e. The van der Waals surface area contributed by atoms with Crippen molar-refractivity contribution in [3.8, 4) is 0 Å². The molecule has 1 atom stereocenters. The summed E-state index contributed by atoms with van der Waals surface area (Å²) in [6, 6.07) is 0.870. The Balaban J connectivity index is 2.35. The zero-order valence-corrected chi connectivity index (χ0v) is 9.35. The lowest BCUT2D eigenvalue weighted by Gasteiger charge is -2.11. The molecule has 7 heteroatoms. The minimum atomic E-state index is -4.55. The summed E-state index contributed by atoms with van der Waals surface area (Å²) >= 11 is 5.46. The van der Waals surface area contributed by atoms with Crippen LogP contribution < -0.4 is 0 Å². The van der Waals surface area contributed by atoms with Crippen molar-refractivity contribution in [3.63, 3.8) is 0 Å². The Hall–Kier alpha value is -1.17. The van der Waals surface area contributed by atoms with Gasteiger partial charge in [0.15, 0.2) is 0 Å². The zero-order chi connectivity index (χ0) is 12.6. The lowest BCUT2D eigenvalue weighted by Crippen LogP contribution is -2.11. The molecule has 1 aromatic heterocycles. The molecule has 17 heavy (non-hydrogen) atoms. The molecule has 1 saturated carbocycles. The van der Waals surface area contributed by atoms with E-state index in [2.05, 4.69) is 9.97 Å². The SMILES string of the molecule is O=C1CCC(c2cc(C(F)(F)F)nc(Cl)n2)C1. The van der Waals surface area contributed by atoms with Crippen molar-refractivity contribution in [1.82, 2.24) is 9.97 Å². The topological polar surface area (TPSA) is 42.9 Å². The van der Waals surface area contributed by atoms with Gasteiger partial charge in [0.05, 0.1) is 0 Å². The van der Waals surface area contributed by atoms with Gasteiger partial charge in [0.25, 0.3) is 0 Å². The molecule has 0 spiro atoms.